The molecule has 2 amide bonds. The van der Waals surface area contributed by atoms with Gasteiger partial charge in [0.15, 0.2) is 5.13 Å². The average Bonchev–Trinajstić information content (AvgIpc) is 2.88. The quantitative estimate of drug-likeness (QED) is 0.759. The zero-order valence-corrected chi connectivity index (χ0v) is 8.15. The van der Waals surface area contributed by atoms with Crippen LogP contribution in [0.1, 0.15) is 24.5 Å². The van der Waals surface area contributed by atoms with Gasteiger partial charge in [0.1, 0.15) is 0 Å². The molecule has 4 nitrogen and oxygen atoms in total. The second-order valence-corrected chi connectivity index (χ2v) is 3.91. The Morgan fingerprint density at radius 2 is 2.46 bits per heavy atom. The Hall–Kier alpha value is -1.10. The second kappa shape index (κ2) is 3.33. The zero-order valence-electron chi connectivity index (χ0n) is 7.33. The number of rotatable bonds is 2. The molecular weight excluding hydrogens is 186 g/mol. The van der Waals surface area contributed by atoms with Gasteiger partial charge in [0.05, 0.1) is 5.69 Å². The minimum absolute atomic E-state index is 0.211. The van der Waals surface area contributed by atoms with E-state index in [9.17, 15) is 4.79 Å². The molecule has 1 aliphatic carbocycles. The zero-order chi connectivity index (χ0) is 9.26. The maximum Gasteiger partial charge on any atom is 0.320 e. The number of amides is 2. The van der Waals surface area contributed by atoms with E-state index >= 15 is 0 Å². The van der Waals surface area contributed by atoms with Crippen LogP contribution in [0.4, 0.5) is 9.93 Å². The molecule has 13 heavy (non-hydrogen) atoms. The van der Waals surface area contributed by atoms with Crippen LogP contribution in [-0.2, 0) is 0 Å². The lowest BCUT2D eigenvalue weighted by Gasteiger charge is -1.97. The van der Waals surface area contributed by atoms with E-state index in [1.54, 1.807) is 7.05 Å². The standard InChI is InChI=1S/C8H11N3OS/c1-9-7(12)11-8-10-6(4-13-8)5-2-3-5/h4-5H,2-3H2,1H3,(H2,9,10,11,12). The Kier molecular flexibility index (Phi) is 2.18. The van der Waals surface area contributed by atoms with Crippen LogP contribution in [-0.4, -0.2) is 18.1 Å². The van der Waals surface area contributed by atoms with Gasteiger partial charge in [-0.2, -0.15) is 0 Å². The molecule has 0 unspecified atom stereocenters. The molecule has 0 atom stereocenters. The number of anilines is 1. The van der Waals surface area contributed by atoms with Gasteiger partial charge in [-0.15, -0.1) is 11.3 Å². The predicted octanol–water partition coefficient (Wildman–Crippen LogP) is 1.77. The van der Waals surface area contributed by atoms with E-state index in [-0.39, 0.29) is 6.03 Å². The number of hydrogen-bond acceptors (Lipinski definition) is 3. The van der Waals surface area contributed by atoms with Gasteiger partial charge in [0.25, 0.3) is 0 Å². The first kappa shape index (κ1) is 8.50. The summed E-state index contributed by atoms with van der Waals surface area (Å²) in [6.07, 6.45) is 2.48. The summed E-state index contributed by atoms with van der Waals surface area (Å²) in [7, 11) is 1.59. The molecule has 0 radical (unpaired) electrons. The van der Waals surface area contributed by atoms with Crippen molar-refractivity contribution in [2.45, 2.75) is 18.8 Å². The minimum Gasteiger partial charge on any atom is -0.341 e. The number of nitrogens with one attached hydrogen (secondary N) is 2. The Morgan fingerprint density at radius 3 is 3.08 bits per heavy atom. The Labute approximate surface area is 80.4 Å². The smallest absolute Gasteiger partial charge is 0.320 e. The number of nitrogens with zero attached hydrogens (tertiary/aromatic N) is 1. The third-order valence-corrected chi connectivity index (χ3v) is 2.74. The summed E-state index contributed by atoms with van der Waals surface area (Å²) in [6, 6.07) is -0.211. The van der Waals surface area contributed by atoms with Gasteiger partial charge in [-0.3, -0.25) is 5.32 Å². The third-order valence-electron chi connectivity index (χ3n) is 1.97. The molecule has 0 bridgehead atoms. The van der Waals surface area contributed by atoms with Gasteiger partial charge in [0, 0.05) is 18.3 Å². The lowest BCUT2D eigenvalue weighted by molar-refractivity contribution is 0.254. The molecule has 1 heterocycles. The molecular formula is C8H11N3OS. The van der Waals surface area contributed by atoms with Gasteiger partial charge in [-0.25, -0.2) is 9.78 Å². The molecule has 1 fully saturated rings. The first-order valence-corrected chi connectivity index (χ1v) is 5.11. The predicted molar refractivity (Wildman–Crippen MR) is 52.2 cm³/mol. The molecule has 70 valence electrons. The number of hydrogen-bond donors (Lipinski definition) is 2. The number of urea groups is 1. The van der Waals surface area contributed by atoms with E-state index < -0.39 is 0 Å². The molecule has 2 rings (SSSR count). The highest BCUT2D eigenvalue weighted by atomic mass is 32.1. The summed E-state index contributed by atoms with van der Waals surface area (Å²) in [5.74, 6) is 0.650. The molecule has 1 saturated carbocycles. The van der Waals surface area contributed by atoms with Crippen molar-refractivity contribution in [3.63, 3.8) is 0 Å². The normalized spacial score (nSPS) is 15.5. The summed E-state index contributed by atoms with van der Waals surface area (Å²) in [6.45, 7) is 0. The van der Waals surface area contributed by atoms with Crippen molar-refractivity contribution < 1.29 is 4.79 Å². The van der Waals surface area contributed by atoms with Gasteiger partial charge >= 0.3 is 6.03 Å². The molecule has 0 spiro atoms. The van der Waals surface area contributed by atoms with Crippen molar-refractivity contribution in [2.75, 3.05) is 12.4 Å². The molecule has 5 heteroatoms. The SMILES string of the molecule is CNC(=O)Nc1nc(C2CC2)cs1. The topological polar surface area (TPSA) is 54.0 Å². The molecule has 1 aliphatic rings. The fourth-order valence-electron chi connectivity index (χ4n) is 1.07. The molecule has 2 N–H and O–H groups in total. The van der Waals surface area contributed by atoms with Crippen LogP contribution in [0.3, 0.4) is 0 Å². The van der Waals surface area contributed by atoms with E-state index in [2.05, 4.69) is 15.6 Å². The summed E-state index contributed by atoms with van der Waals surface area (Å²) >= 11 is 1.48. The maximum atomic E-state index is 10.9. The van der Waals surface area contributed by atoms with Gasteiger partial charge in [0.2, 0.25) is 0 Å². The van der Waals surface area contributed by atoms with E-state index in [4.69, 9.17) is 0 Å². The van der Waals surface area contributed by atoms with Crippen molar-refractivity contribution in [2.24, 2.45) is 0 Å². The van der Waals surface area contributed by atoms with Crippen LogP contribution in [0.5, 0.6) is 0 Å². The van der Waals surface area contributed by atoms with Crippen LogP contribution >= 0.6 is 11.3 Å². The van der Waals surface area contributed by atoms with Gasteiger partial charge < -0.3 is 5.32 Å². The summed E-state index contributed by atoms with van der Waals surface area (Å²) in [5.41, 5.74) is 1.12. The van der Waals surface area contributed by atoms with Crippen molar-refractivity contribution in [3.8, 4) is 0 Å². The van der Waals surface area contributed by atoms with E-state index in [0.29, 0.717) is 11.0 Å². The lowest BCUT2D eigenvalue weighted by atomic mass is 10.3. The summed E-state index contributed by atoms with van der Waals surface area (Å²) < 4.78 is 0. The number of thiazole rings is 1. The van der Waals surface area contributed by atoms with Crippen LogP contribution in [0.25, 0.3) is 0 Å². The molecule has 0 aliphatic heterocycles. The monoisotopic (exact) mass is 197 g/mol. The maximum absolute atomic E-state index is 10.9. The van der Waals surface area contributed by atoms with E-state index in [0.717, 1.165) is 5.69 Å². The molecule has 1 aromatic heterocycles. The number of carbonyl (C=O) groups excluding carboxylic acids is 1. The van der Waals surface area contributed by atoms with Crippen LogP contribution in [0.15, 0.2) is 5.38 Å². The molecule has 1 aromatic rings. The third kappa shape index (κ3) is 1.98. The highest BCUT2D eigenvalue weighted by Gasteiger charge is 2.26. The van der Waals surface area contributed by atoms with Crippen molar-refractivity contribution in [1.82, 2.24) is 10.3 Å². The average molecular weight is 197 g/mol. The van der Waals surface area contributed by atoms with E-state index in [1.807, 2.05) is 5.38 Å². The summed E-state index contributed by atoms with van der Waals surface area (Å²) in [4.78, 5) is 15.2. The lowest BCUT2D eigenvalue weighted by Crippen LogP contribution is -2.24. The first-order chi connectivity index (χ1) is 6.29. The van der Waals surface area contributed by atoms with Gasteiger partial charge in [-0.05, 0) is 12.8 Å². The largest absolute Gasteiger partial charge is 0.341 e. The summed E-state index contributed by atoms with van der Waals surface area (Å²) in [5, 5.41) is 7.83. The van der Waals surface area contributed by atoms with Crippen LogP contribution < -0.4 is 10.6 Å². The van der Waals surface area contributed by atoms with Crippen molar-refractivity contribution >= 4 is 22.5 Å². The molecule has 0 aromatic carbocycles. The van der Waals surface area contributed by atoms with Crippen LogP contribution in [0, 0.1) is 0 Å². The van der Waals surface area contributed by atoms with Crippen molar-refractivity contribution in [1.29, 1.82) is 0 Å². The fraction of sp³-hybridized carbons (Fsp3) is 0.500. The first-order valence-electron chi connectivity index (χ1n) is 4.24. The Bertz CT molecular complexity index is 319. The molecule has 0 saturated heterocycles. The highest BCUT2D eigenvalue weighted by molar-refractivity contribution is 7.13. The number of carbonyl (C=O) groups is 1. The number of aromatic nitrogens is 1. The van der Waals surface area contributed by atoms with E-state index in [1.165, 1.54) is 24.2 Å². The highest BCUT2D eigenvalue weighted by Crippen LogP contribution is 2.40. The van der Waals surface area contributed by atoms with Crippen molar-refractivity contribution in [3.05, 3.63) is 11.1 Å². The second-order valence-electron chi connectivity index (χ2n) is 3.06. The Balaban J connectivity index is 2.00. The fourth-order valence-corrected chi connectivity index (χ4v) is 1.86. The minimum atomic E-state index is -0.211. The Morgan fingerprint density at radius 1 is 1.69 bits per heavy atom. The van der Waals surface area contributed by atoms with Crippen LogP contribution in [0.2, 0.25) is 0 Å². The van der Waals surface area contributed by atoms with Gasteiger partial charge in [-0.1, -0.05) is 0 Å².